The Bertz CT molecular complexity index is 1060. The van der Waals surface area contributed by atoms with Gasteiger partial charge in [0.15, 0.2) is 6.61 Å². The zero-order valence-corrected chi connectivity index (χ0v) is 15.8. The lowest BCUT2D eigenvalue weighted by Crippen LogP contribution is -2.34. The minimum absolute atomic E-state index is 0.0562. The summed E-state index contributed by atoms with van der Waals surface area (Å²) in [7, 11) is 0. The number of nitrogens with zero attached hydrogens (tertiary/aromatic N) is 4. The largest absolute Gasteiger partial charge is 0.450 e. The number of aryl methyl sites for hydroxylation is 3. The first-order valence-corrected chi connectivity index (χ1v) is 9.26. The number of benzene rings is 1. The molecule has 1 amide bonds. The highest BCUT2D eigenvalue weighted by molar-refractivity contribution is 5.88. The van der Waals surface area contributed by atoms with Crippen LogP contribution in [0.3, 0.4) is 0 Å². The molecule has 1 aliphatic carbocycles. The fraction of sp³-hybridized carbons (Fsp3) is 0.350. The molecule has 4 rings (SSSR count). The van der Waals surface area contributed by atoms with Crippen LogP contribution in [0.15, 0.2) is 30.3 Å². The predicted octanol–water partition coefficient (Wildman–Crippen LogP) is 2.09. The number of esters is 1. The molecule has 2 heterocycles. The molecule has 28 heavy (non-hydrogen) atoms. The molecule has 8 heteroatoms. The van der Waals surface area contributed by atoms with Crippen molar-refractivity contribution in [1.82, 2.24) is 24.9 Å². The number of aromatic nitrogens is 4. The van der Waals surface area contributed by atoms with Crippen LogP contribution in [0, 0.1) is 13.8 Å². The molecule has 1 aliphatic rings. The molecule has 8 nitrogen and oxygen atoms in total. The molecular weight excluding hydrogens is 358 g/mol. The Labute approximate surface area is 161 Å². The van der Waals surface area contributed by atoms with Crippen LogP contribution >= 0.6 is 0 Å². The summed E-state index contributed by atoms with van der Waals surface area (Å²) in [5, 5.41) is 7.06. The summed E-state index contributed by atoms with van der Waals surface area (Å²) in [6, 6.07) is 9.87. The molecule has 144 valence electrons. The van der Waals surface area contributed by atoms with E-state index in [1.807, 2.05) is 38.1 Å². The van der Waals surface area contributed by atoms with Gasteiger partial charge < -0.3 is 10.1 Å². The van der Waals surface area contributed by atoms with Crippen molar-refractivity contribution in [3.8, 4) is 0 Å². The van der Waals surface area contributed by atoms with Crippen molar-refractivity contribution in [2.24, 2.45) is 0 Å². The lowest BCUT2D eigenvalue weighted by Gasteiger charge is -2.26. The molecular formula is C20H21N5O3. The van der Waals surface area contributed by atoms with Crippen molar-refractivity contribution < 1.29 is 14.3 Å². The maximum absolute atomic E-state index is 12.3. The number of hydrogen-bond acceptors (Lipinski definition) is 6. The molecule has 0 bridgehead atoms. The van der Waals surface area contributed by atoms with Crippen LogP contribution in [-0.2, 0) is 16.0 Å². The number of carbonyl (C=O) groups excluding carboxylic acids is 2. The molecule has 2 aromatic heterocycles. The zero-order chi connectivity index (χ0) is 19.7. The quantitative estimate of drug-likeness (QED) is 0.697. The lowest BCUT2D eigenvalue weighted by molar-refractivity contribution is -0.125. The van der Waals surface area contributed by atoms with Crippen molar-refractivity contribution in [2.45, 2.75) is 39.2 Å². The van der Waals surface area contributed by atoms with Gasteiger partial charge in [-0.1, -0.05) is 24.3 Å². The van der Waals surface area contributed by atoms with Crippen LogP contribution in [-0.4, -0.2) is 38.1 Å². The SMILES string of the molecule is Cc1cc(C)n2nc(C(=O)OCC(=O)NC3CCCc4ccccc43)nc2n1. The molecule has 1 N–H and O–H groups in total. The fourth-order valence-electron chi connectivity index (χ4n) is 3.59. The molecule has 0 spiro atoms. The van der Waals surface area contributed by atoms with Gasteiger partial charge in [0, 0.05) is 11.4 Å². The number of carbonyl (C=O) groups is 2. The number of amides is 1. The molecule has 0 aliphatic heterocycles. The van der Waals surface area contributed by atoms with Gasteiger partial charge in [0.05, 0.1) is 6.04 Å². The zero-order valence-electron chi connectivity index (χ0n) is 15.8. The number of fused-ring (bicyclic) bond motifs is 2. The Morgan fingerprint density at radius 2 is 2.07 bits per heavy atom. The Hall–Kier alpha value is -3.29. The first kappa shape index (κ1) is 18.1. The van der Waals surface area contributed by atoms with Gasteiger partial charge in [-0.3, -0.25) is 4.79 Å². The van der Waals surface area contributed by atoms with Crippen LogP contribution in [0.25, 0.3) is 5.78 Å². The summed E-state index contributed by atoms with van der Waals surface area (Å²) in [5.41, 5.74) is 3.97. The molecule has 0 fully saturated rings. The van der Waals surface area contributed by atoms with Crippen molar-refractivity contribution >= 4 is 17.7 Å². The van der Waals surface area contributed by atoms with E-state index in [2.05, 4.69) is 26.4 Å². The van der Waals surface area contributed by atoms with E-state index in [9.17, 15) is 9.59 Å². The fourth-order valence-corrected chi connectivity index (χ4v) is 3.59. The van der Waals surface area contributed by atoms with E-state index in [1.54, 1.807) is 0 Å². The molecule has 1 atom stereocenters. The lowest BCUT2D eigenvalue weighted by atomic mass is 9.88. The van der Waals surface area contributed by atoms with Gasteiger partial charge >= 0.3 is 5.97 Å². The molecule has 1 unspecified atom stereocenters. The smallest absolute Gasteiger partial charge is 0.378 e. The monoisotopic (exact) mass is 379 g/mol. The van der Waals surface area contributed by atoms with E-state index >= 15 is 0 Å². The van der Waals surface area contributed by atoms with Gasteiger partial charge in [-0.05, 0) is 50.3 Å². The first-order valence-electron chi connectivity index (χ1n) is 9.26. The van der Waals surface area contributed by atoms with E-state index in [4.69, 9.17) is 4.74 Å². The Morgan fingerprint density at radius 1 is 1.25 bits per heavy atom. The van der Waals surface area contributed by atoms with Crippen LogP contribution < -0.4 is 5.32 Å². The number of hydrogen-bond donors (Lipinski definition) is 1. The van der Waals surface area contributed by atoms with Gasteiger partial charge in [0.25, 0.3) is 17.5 Å². The maximum Gasteiger partial charge on any atom is 0.378 e. The van der Waals surface area contributed by atoms with Crippen molar-refractivity contribution in [1.29, 1.82) is 0 Å². The van der Waals surface area contributed by atoms with Gasteiger partial charge in [0.1, 0.15) is 0 Å². The molecule has 1 aromatic carbocycles. The highest BCUT2D eigenvalue weighted by Crippen LogP contribution is 2.29. The van der Waals surface area contributed by atoms with Crippen LogP contribution in [0.5, 0.6) is 0 Å². The van der Waals surface area contributed by atoms with Crippen LogP contribution in [0.4, 0.5) is 0 Å². The highest BCUT2D eigenvalue weighted by atomic mass is 16.5. The number of rotatable bonds is 4. The summed E-state index contributed by atoms with van der Waals surface area (Å²) >= 11 is 0. The van der Waals surface area contributed by atoms with Crippen molar-refractivity contribution in [3.05, 3.63) is 58.7 Å². The summed E-state index contributed by atoms with van der Waals surface area (Å²) in [6.45, 7) is 3.31. The third-order valence-corrected chi connectivity index (χ3v) is 4.84. The second kappa shape index (κ2) is 7.38. The van der Waals surface area contributed by atoms with E-state index in [-0.39, 0.29) is 24.4 Å². The summed E-state index contributed by atoms with van der Waals surface area (Å²) in [4.78, 5) is 32.8. The number of nitrogens with one attached hydrogen (secondary N) is 1. The Balaban J connectivity index is 1.39. The third kappa shape index (κ3) is 3.58. The molecule has 0 radical (unpaired) electrons. The van der Waals surface area contributed by atoms with E-state index < -0.39 is 5.97 Å². The topological polar surface area (TPSA) is 98.5 Å². The third-order valence-electron chi connectivity index (χ3n) is 4.84. The highest BCUT2D eigenvalue weighted by Gasteiger charge is 2.23. The summed E-state index contributed by atoms with van der Waals surface area (Å²) in [6.07, 6.45) is 2.90. The van der Waals surface area contributed by atoms with Gasteiger partial charge in [-0.2, -0.15) is 4.98 Å². The summed E-state index contributed by atoms with van der Waals surface area (Å²) in [5.74, 6) is -0.879. The number of ether oxygens (including phenoxy) is 1. The Morgan fingerprint density at radius 3 is 2.93 bits per heavy atom. The first-order chi connectivity index (χ1) is 13.5. The minimum Gasteiger partial charge on any atom is -0.450 e. The minimum atomic E-state index is -0.748. The van der Waals surface area contributed by atoms with Gasteiger partial charge in [-0.25, -0.2) is 14.3 Å². The predicted molar refractivity (Wildman–Crippen MR) is 101 cm³/mol. The van der Waals surface area contributed by atoms with E-state index in [1.165, 1.54) is 10.1 Å². The maximum atomic E-state index is 12.3. The normalized spacial score (nSPS) is 15.9. The van der Waals surface area contributed by atoms with Gasteiger partial charge in [-0.15, -0.1) is 5.10 Å². The van der Waals surface area contributed by atoms with E-state index in [0.717, 1.165) is 36.2 Å². The molecule has 0 saturated heterocycles. The van der Waals surface area contributed by atoms with Gasteiger partial charge in [0.2, 0.25) is 0 Å². The Kier molecular flexibility index (Phi) is 4.77. The van der Waals surface area contributed by atoms with E-state index in [0.29, 0.717) is 5.78 Å². The molecule has 3 aromatic rings. The average Bonchev–Trinajstić information content (AvgIpc) is 3.11. The van der Waals surface area contributed by atoms with Crippen molar-refractivity contribution in [2.75, 3.05) is 6.61 Å². The standard InChI is InChI=1S/C20H21N5O3/c1-12-10-13(2)25-20(21-12)23-18(24-25)19(27)28-11-17(26)22-16-9-5-7-14-6-3-4-8-15(14)16/h3-4,6,8,10,16H,5,7,9,11H2,1-2H3,(H,22,26). The second-order valence-corrected chi connectivity index (χ2v) is 6.97. The van der Waals surface area contributed by atoms with Crippen LogP contribution in [0.2, 0.25) is 0 Å². The second-order valence-electron chi connectivity index (χ2n) is 6.97. The van der Waals surface area contributed by atoms with Crippen LogP contribution in [0.1, 0.15) is 52.0 Å². The molecule has 0 saturated carbocycles. The summed E-state index contributed by atoms with van der Waals surface area (Å²) < 4.78 is 6.58. The average molecular weight is 379 g/mol. The van der Waals surface area contributed by atoms with Crippen molar-refractivity contribution in [3.63, 3.8) is 0 Å².